The molecule has 150 valence electrons. The van der Waals surface area contributed by atoms with Crippen molar-refractivity contribution >= 4 is 5.91 Å². The van der Waals surface area contributed by atoms with E-state index in [2.05, 4.69) is 0 Å². The Morgan fingerprint density at radius 2 is 1.57 bits per heavy atom. The highest BCUT2D eigenvalue weighted by molar-refractivity contribution is 5.95. The second kappa shape index (κ2) is 8.37. The predicted molar refractivity (Wildman–Crippen MR) is 106 cm³/mol. The number of hydrogen-bond acceptors (Lipinski definition) is 5. The number of piperidine rings is 1. The molecule has 7 nitrogen and oxygen atoms in total. The molecule has 1 aromatic heterocycles. The summed E-state index contributed by atoms with van der Waals surface area (Å²) in [5, 5.41) is 0. The minimum Gasteiger partial charge on any atom is -0.497 e. The van der Waals surface area contributed by atoms with Crippen LogP contribution in [0.4, 0.5) is 0 Å². The van der Waals surface area contributed by atoms with Crippen molar-refractivity contribution in [3.05, 3.63) is 51.9 Å². The topological polar surface area (TPSA) is 70.0 Å². The number of hydrogen-bond donors (Lipinski definition) is 0. The van der Waals surface area contributed by atoms with Crippen LogP contribution in [0.15, 0.2) is 35.1 Å². The number of ether oxygens (including phenoxy) is 3. The molecular weight excluding hydrogens is 360 g/mol. The summed E-state index contributed by atoms with van der Waals surface area (Å²) < 4.78 is 18.1. The molecule has 3 rings (SSSR count). The van der Waals surface area contributed by atoms with Gasteiger partial charge in [0.1, 0.15) is 23.4 Å². The first-order valence-corrected chi connectivity index (χ1v) is 9.28. The molecule has 1 saturated heterocycles. The molecule has 0 saturated carbocycles. The van der Waals surface area contributed by atoms with Crippen molar-refractivity contribution in [3.8, 4) is 17.2 Å². The summed E-state index contributed by atoms with van der Waals surface area (Å²) in [5.41, 5.74) is 1.30. The first-order chi connectivity index (χ1) is 13.4. The van der Waals surface area contributed by atoms with E-state index in [1.54, 1.807) is 44.0 Å². The van der Waals surface area contributed by atoms with E-state index in [0.717, 1.165) is 5.69 Å². The summed E-state index contributed by atoms with van der Waals surface area (Å²) in [7, 11) is 4.86. The van der Waals surface area contributed by atoms with Crippen LogP contribution in [0.2, 0.25) is 0 Å². The minimum absolute atomic E-state index is 0.0181. The van der Waals surface area contributed by atoms with Crippen LogP contribution >= 0.6 is 0 Å². The van der Waals surface area contributed by atoms with Crippen LogP contribution in [-0.4, -0.2) is 48.8 Å². The van der Waals surface area contributed by atoms with Gasteiger partial charge in [-0.15, -0.1) is 0 Å². The second-order valence-electron chi connectivity index (χ2n) is 6.94. The highest BCUT2D eigenvalue weighted by atomic mass is 16.5. The minimum atomic E-state index is -0.0883. The quantitative estimate of drug-likeness (QED) is 0.789. The van der Waals surface area contributed by atoms with Crippen molar-refractivity contribution in [1.29, 1.82) is 0 Å². The molecule has 0 bridgehead atoms. The molecule has 28 heavy (non-hydrogen) atoms. The lowest BCUT2D eigenvalue weighted by atomic mass is 10.1. The number of carbonyl (C=O) groups is 1. The molecule has 1 aliphatic rings. The van der Waals surface area contributed by atoms with Crippen LogP contribution in [0.1, 0.15) is 28.9 Å². The van der Waals surface area contributed by atoms with Crippen LogP contribution in [0, 0.1) is 6.92 Å². The maximum absolute atomic E-state index is 12.9. The maximum atomic E-state index is 12.9. The summed E-state index contributed by atoms with van der Waals surface area (Å²) in [4.78, 5) is 26.6. The van der Waals surface area contributed by atoms with Gasteiger partial charge in [-0.3, -0.25) is 9.59 Å². The van der Waals surface area contributed by atoms with E-state index in [9.17, 15) is 9.59 Å². The molecule has 2 heterocycles. The Morgan fingerprint density at radius 1 is 0.964 bits per heavy atom. The van der Waals surface area contributed by atoms with E-state index >= 15 is 0 Å². The van der Waals surface area contributed by atoms with Crippen molar-refractivity contribution in [3.63, 3.8) is 0 Å². The van der Waals surface area contributed by atoms with Gasteiger partial charge in [0.15, 0.2) is 0 Å². The highest BCUT2D eigenvalue weighted by Crippen LogP contribution is 2.25. The Balaban J connectivity index is 1.64. The van der Waals surface area contributed by atoms with Gasteiger partial charge in [-0.25, -0.2) is 0 Å². The number of likely N-dealkylation sites (tertiary alicyclic amines) is 1. The maximum Gasteiger partial charge on any atom is 0.254 e. The highest BCUT2D eigenvalue weighted by Gasteiger charge is 2.25. The number of aromatic nitrogens is 1. The van der Waals surface area contributed by atoms with Crippen molar-refractivity contribution in [2.75, 3.05) is 27.3 Å². The fraction of sp³-hybridized carbons (Fsp3) is 0.429. The second-order valence-corrected chi connectivity index (χ2v) is 6.94. The Hall–Kier alpha value is -2.96. The zero-order valence-electron chi connectivity index (χ0n) is 16.7. The number of nitrogens with zero attached hydrogens (tertiary/aromatic N) is 2. The molecule has 1 amide bonds. The number of rotatable bonds is 5. The van der Waals surface area contributed by atoms with Gasteiger partial charge in [-0.2, -0.15) is 0 Å². The van der Waals surface area contributed by atoms with E-state index in [-0.39, 0.29) is 17.6 Å². The van der Waals surface area contributed by atoms with Crippen molar-refractivity contribution in [2.24, 2.45) is 7.05 Å². The van der Waals surface area contributed by atoms with Gasteiger partial charge in [-0.1, -0.05) is 0 Å². The van der Waals surface area contributed by atoms with Gasteiger partial charge in [0.05, 0.1) is 14.2 Å². The first kappa shape index (κ1) is 19.8. The number of aryl methyl sites for hydroxylation is 1. The van der Waals surface area contributed by atoms with Gasteiger partial charge in [0, 0.05) is 56.4 Å². The van der Waals surface area contributed by atoms with Gasteiger partial charge in [0.25, 0.3) is 11.5 Å². The summed E-state index contributed by atoms with van der Waals surface area (Å²) in [6.07, 6.45) is 1.40. The zero-order valence-corrected chi connectivity index (χ0v) is 16.7. The lowest BCUT2D eigenvalue weighted by molar-refractivity contribution is 0.0594. The third kappa shape index (κ3) is 4.30. The Labute approximate surface area is 164 Å². The van der Waals surface area contributed by atoms with Crippen LogP contribution in [0.3, 0.4) is 0 Å². The summed E-state index contributed by atoms with van der Waals surface area (Å²) in [5.74, 6) is 1.70. The van der Waals surface area contributed by atoms with Crippen LogP contribution in [0.25, 0.3) is 0 Å². The Bertz CT molecular complexity index is 891. The molecule has 0 aliphatic carbocycles. The molecule has 1 fully saturated rings. The van der Waals surface area contributed by atoms with E-state index in [0.29, 0.717) is 48.7 Å². The SMILES string of the molecule is COc1cc(OC)cc(C(=O)N2CCC(Oc3cc(C)n(C)c(=O)c3)CC2)c1. The molecule has 0 atom stereocenters. The molecule has 1 aromatic carbocycles. The van der Waals surface area contributed by atoms with Crippen molar-refractivity contribution in [2.45, 2.75) is 25.9 Å². The smallest absolute Gasteiger partial charge is 0.254 e. The average molecular weight is 386 g/mol. The lowest BCUT2D eigenvalue weighted by Gasteiger charge is -2.32. The average Bonchev–Trinajstić information content (AvgIpc) is 2.71. The van der Waals surface area contributed by atoms with Gasteiger partial charge in [-0.05, 0) is 25.1 Å². The lowest BCUT2D eigenvalue weighted by Crippen LogP contribution is -2.41. The fourth-order valence-electron chi connectivity index (χ4n) is 3.29. The van der Waals surface area contributed by atoms with E-state index < -0.39 is 0 Å². The van der Waals surface area contributed by atoms with Gasteiger partial charge in [0.2, 0.25) is 0 Å². The number of carbonyl (C=O) groups excluding carboxylic acids is 1. The number of methoxy groups -OCH3 is 2. The monoisotopic (exact) mass is 386 g/mol. The molecule has 1 aliphatic heterocycles. The largest absolute Gasteiger partial charge is 0.497 e. The predicted octanol–water partition coefficient (Wildman–Crippen LogP) is 2.39. The van der Waals surface area contributed by atoms with Gasteiger partial charge >= 0.3 is 0 Å². The number of pyridine rings is 1. The molecular formula is C21H26N2O5. The number of amides is 1. The Kier molecular flexibility index (Phi) is 5.92. The van der Waals surface area contributed by atoms with Crippen LogP contribution < -0.4 is 19.8 Å². The standard InChI is InChI=1S/C21H26N2O5/c1-14-9-19(13-20(24)22(14)2)28-16-5-7-23(8-6-16)21(25)15-10-17(26-3)12-18(11-15)27-4/h9-13,16H,5-8H2,1-4H3. The van der Waals surface area contributed by atoms with E-state index in [1.165, 1.54) is 6.07 Å². The molecule has 7 heteroatoms. The molecule has 0 N–H and O–H groups in total. The Morgan fingerprint density at radius 3 is 2.11 bits per heavy atom. The van der Waals surface area contributed by atoms with E-state index in [4.69, 9.17) is 14.2 Å². The van der Waals surface area contributed by atoms with Crippen LogP contribution in [0.5, 0.6) is 17.2 Å². The molecule has 0 spiro atoms. The van der Waals surface area contributed by atoms with E-state index in [1.807, 2.05) is 17.9 Å². The van der Waals surface area contributed by atoms with Crippen molar-refractivity contribution in [1.82, 2.24) is 9.47 Å². The van der Waals surface area contributed by atoms with Gasteiger partial charge < -0.3 is 23.7 Å². The summed E-state index contributed by atoms with van der Waals surface area (Å²) in [6.45, 7) is 3.05. The normalized spacial score (nSPS) is 14.6. The third-order valence-corrected chi connectivity index (χ3v) is 5.11. The fourth-order valence-corrected chi connectivity index (χ4v) is 3.29. The first-order valence-electron chi connectivity index (χ1n) is 9.28. The third-order valence-electron chi connectivity index (χ3n) is 5.11. The molecule has 0 radical (unpaired) electrons. The molecule has 2 aromatic rings. The molecule has 0 unspecified atom stereocenters. The number of benzene rings is 1. The summed E-state index contributed by atoms with van der Waals surface area (Å²) >= 11 is 0. The van der Waals surface area contributed by atoms with Crippen LogP contribution in [-0.2, 0) is 7.05 Å². The van der Waals surface area contributed by atoms with Crippen molar-refractivity contribution < 1.29 is 19.0 Å². The zero-order chi connectivity index (χ0) is 20.3. The summed E-state index contributed by atoms with van der Waals surface area (Å²) in [6, 6.07) is 8.55.